The van der Waals surface area contributed by atoms with Gasteiger partial charge in [0.2, 0.25) is 0 Å². The zero-order valence-corrected chi connectivity index (χ0v) is 11.3. The molecule has 1 saturated carbocycles. The summed E-state index contributed by atoms with van der Waals surface area (Å²) in [6, 6.07) is 0. The zero-order chi connectivity index (χ0) is 10.6. The molecule has 0 saturated heterocycles. The minimum Gasteiger partial charge on any atom is -0.0715 e. The van der Waals surface area contributed by atoms with E-state index >= 15 is 0 Å². The molecule has 0 heterocycles. The third kappa shape index (κ3) is 3.76. The van der Waals surface area contributed by atoms with E-state index in [1.54, 1.807) is 0 Å². The zero-order valence-electron chi connectivity index (χ0n) is 9.72. The van der Waals surface area contributed by atoms with Crippen molar-refractivity contribution in [2.75, 3.05) is 0 Å². The van der Waals surface area contributed by atoms with E-state index in [4.69, 9.17) is 0 Å². The van der Waals surface area contributed by atoms with Crippen LogP contribution >= 0.6 is 15.9 Å². The lowest BCUT2D eigenvalue weighted by Crippen LogP contribution is -2.24. The number of hydrogen-bond acceptors (Lipinski definition) is 0. The average Bonchev–Trinajstić information content (AvgIpc) is 2.08. The largest absolute Gasteiger partial charge is 0.0715 e. The Bertz CT molecular complexity index is 181. The van der Waals surface area contributed by atoms with Crippen molar-refractivity contribution in [1.82, 2.24) is 0 Å². The van der Waals surface area contributed by atoms with Gasteiger partial charge in [-0.3, -0.25) is 0 Å². The highest BCUT2D eigenvalue weighted by Gasteiger charge is 2.28. The fraction of sp³-hybridized carbons (Fsp3) is 0.846. The summed E-state index contributed by atoms with van der Waals surface area (Å²) < 4.78 is 1.31. The summed E-state index contributed by atoms with van der Waals surface area (Å²) in [6.45, 7) is 6.79. The fourth-order valence-corrected chi connectivity index (χ4v) is 2.91. The van der Waals surface area contributed by atoms with Gasteiger partial charge in [-0.2, -0.15) is 0 Å². The molecule has 1 heteroatoms. The van der Waals surface area contributed by atoms with Gasteiger partial charge in [-0.15, -0.1) is 0 Å². The first-order chi connectivity index (χ1) is 6.65. The van der Waals surface area contributed by atoms with Crippen molar-refractivity contribution in [1.29, 1.82) is 0 Å². The molecule has 0 aromatic heterocycles. The summed E-state index contributed by atoms with van der Waals surface area (Å²) in [6.07, 6.45) is 9.44. The highest BCUT2D eigenvalue weighted by atomic mass is 79.9. The summed E-state index contributed by atoms with van der Waals surface area (Å²) >= 11 is 3.51. The monoisotopic (exact) mass is 258 g/mol. The van der Waals surface area contributed by atoms with Crippen LogP contribution in [0.3, 0.4) is 0 Å². The van der Waals surface area contributed by atoms with Crippen molar-refractivity contribution in [2.24, 2.45) is 17.8 Å². The first-order valence-electron chi connectivity index (χ1n) is 5.99. The predicted octanol–water partition coefficient (Wildman–Crippen LogP) is 5.14. The second-order valence-electron chi connectivity index (χ2n) is 4.77. The molecule has 0 unspecified atom stereocenters. The number of halogens is 1. The molecule has 1 rings (SSSR count). The molecule has 0 bridgehead atoms. The van der Waals surface area contributed by atoms with Crippen molar-refractivity contribution >= 4 is 15.9 Å². The van der Waals surface area contributed by atoms with Gasteiger partial charge < -0.3 is 0 Å². The molecule has 14 heavy (non-hydrogen) atoms. The smallest absolute Gasteiger partial charge is 0.0117 e. The number of allylic oxidation sites excluding steroid dienone is 2. The van der Waals surface area contributed by atoms with E-state index in [-0.39, 0.29) is 0 Å². The van der Waals surface area contributed by atoms with Crippen LogP contribution in [0.25, 0.3) is 0 Å². The summed E-state index contributed by atoms with van der Waals surface area (Å²) in [5, 5.41) is 0. The predicted molar refractivity (Wildman–Crippen MR) is 67.6 cm³/mol. The first kappa shape index (κ1) is 12.3. The molecule has 82 valence electrons. The molecule has 0 aliphatic heterocycles. The minimum absolute atomic E-state index is 0.869. The molecule has 0 N–H and O–H groups in total. The Morgan fingerprint density at radius 3 is 2.36 bits per heavy atom. The van der Waals surface area contributed by atoms with Crippen molar-refractivity contribution in [2.45, 2.75) is 52.9 Å². The van der Waals surface area contributed by atoms with Crippen LogP contribution in [0, 0.1) is 17.8 Å². The summed E-state index contributed by atoms with van der Waals surface area (Å²) in [7, 11) is 0. The van der Waals surface area contributed by atoms with Crippen LogP contribution < -0.4 is 0 Å². The van der Waals surface area contributed by atoms with E-state index in [1.165, 1.54) is 36.6 Å². The van der Waals surface area contributed by atoms with Crippen LogP contribution in [0.5, 0.6) is 0 Å². The Balaban J connectivity index is 2.18. The van der Waals surface area contributed by atoms with Crippen LogP contribution in [0.2, 0.25) is 0 Å². The normalized spacial score (nSPS) is 27.9. The van der Waals surface area contributed by atoms with Crippen molar-refractivity contribution in [3.8, 4) is 0 Å². The van der Waals surface area contributed by atoms with E-state index in [0.29, 0.717) is 0 Å². The number of rotatable bonds is 5. The van der Waals surface area contributed by atoms with Crippen molar-refractivity contribution in [3.63, 3.8) is 0 Å². The van der Waals surface area contributed by atoms with Gasteiger partial charge in [0, 0.05) is 0 Å². The molecule has 0 amide bonds. The maximum absolute atomic E-state index is 3.51. The molecule has 0 aromatic carbocycles. The molecule has 0 radical (unpaired) electrons. The van der Waals surface area contributed by atoms with E-state index in [1.807, 2.05) is 0 Å². The summed E-state index contributed by atoms with van der Waals surface area (Å²) in [4.78, 5) is 0. The molecule has 0 aromatic rings. The van der Waals surface area contributed by atoms with E-state index in [9.17, 15) is 0 Å². The van der Waals surface area contributed by atoms with Crippen LogP contribution in [0.15, 0.2) is 10.6 Å². The molecular formula is C13H23Br. The maximum Gasteiger partial charge on any atom is -0.0117 e. The third-order valence-corrected chi connectivity index (χ3v) is 3.82. The summed E-state index contributed by atoms with van der Waals surface area (Å²) in [5.41, 5.74) is 0. The van der Waals surface area contributed by atoms with Gasteiger partial charge in [-0.25, -0.2) is 0 Å². The molecule has 1 aliphatic carbocycles. The topological polar surface area (TPSA) is 0 Å². The minimum atomic E-state index is 0.869. The molecule has 0 nitrogen and oxygen atoms in total. The quantitative estimate of drug-likeness (QED) is 0.641. The lowest BCUT2D eigenvalue weighted by molar-refractivity contribution is 0.189. The van der Waals surface area contributed by atoms with E-state index in [0.717, 1.165) is 17.8 Å². The van der Waals surface area contributed by atoms with Gasteiger partial charge >= 0.3 is 0 Å². The van der Waals surface area contributed by atoms with Crippen molar-refractivity contribution in [3.05, 3.63) is 10.6 Å². The van der Waals surface area contributed by atoms with E-state index in [2.05, 4.69) is 42.8 Å². The molecule has 0 spiro atoms. The fourth-order valence-electron chi connectivity index (χ4n) is 2.53. The van der Waals surface area contributed by atoms with Gasteiger partial charge in [-0.05, 0) is 48.4 Å². The number of hydrogen-bond donors (Lipinski definition) is 0. The van der Waals surface area contributed by atoms with Crippen LogP contribution in [0.1, 0.15) is 52.9 Å². The lowest BCUT2D eigenvalue weighted by atomic mass is 9.70. The van der Waals surface area contributed by atoms with Crippen molar-refractivity contribution < 1.29 is 0 Å². The van der Waals surface area contributed by atoms with Crippen LogP contribution in [-0.2, 0) is 0 Å². The van der Waals surface area contributed by atoms with E-state index < -0.39 is 0 Å². The van der Waals surface area contributed by atoms with Gasteiger partial charge in [-0.1, -0.05) is 48.7 Å². The highest BCUT2D eigenvalue weighted by molar-refractivity contribution is 9.11. The lowest BCUT2D eigenvalue weighted by Gasteiger charge is -2.35. The highest BCUT2D eigenvalue weighted by Crippen LogP contribution is 2.40. The first-order valence-corrected chi connectivity index (χ1v) is 6.78. The molecule has 1 aliphatic rings. The maximum atomic E-state index is 3.51. The molecule has 1 fully saturated rings. The Labute approximate surface area is 97.3 Å². The Hall–Kier alpha value is 0.220. The average molecular weight is 259 g/mol. The second-order valence-corrected chi connectivity index (χ2v) is 6.02. The Morgan fingerprint density at radius 1 is 1.36 bits per heavy atom. The van der Waals surface area contributed by atoms with Gasteiger partial charge in [0.05, 0.1) is 0 Å². The van der Waals surface area contributed by atoms with Crippen LogP contribution in [0.4, 0.5) is 0 Å². The SMILES string of the molecule is CCC(CC)CC1CC(/C=C(\C)Br)C1. The van der Waals surface area contributed by atoms with Crippen LogP contribution in [-0.4, -0.2) is 0 Å². The third-order valence-electron chi connectivity index (χ3n) is 3.56. The van der Waals surface area contributed by atoms with Gasteiger partial charge in [0.25, 0.3) is 0 Å². The van der Waals surface area contributed by atoms with Gasteiger partial charge in [0.1, 0.15) is 0 Å². The Morgan fingerprint density at radius 2 is 1.93 bits per heavy atom. The molecule has 0 atom stereocenters. The molecular weight excluding hydrogens is 236 g/mol. The van der Waals surface area contributed by atoms with Gasteiger partial charge in [0.15, 0.2) is 0 Å². The second kappa shape index (κ2) is 5.95. The summed E-state index contributed by atoms with van der Waals surface area (Å²) in [5.74, 6) is 2.87. The Kier molecular flexibility index (Phi) is 5.22. The standard InChI is InChI=1S/C13H23Br/c1-4-11(5-2)7-13-8-12(9-13)6-10(3)14/h6,11-13H,4-5,7-9H2,1-3H3/b10-6+.